The number of amides is 6. The van der Waals surface area contributed by atoms with Crippen molar-refractivity contribution < 1.29 is 66.8 Å². The zero-order chi connectivity index (χ0) is 58.4. The summed E-state index contributed by atoms with van der Waals surface area (Å²) in [6.07, 6.45) is 9.22. The molecule has 4 saturated heterocycles. The van der Waals surface area contributed by atoms with Crippen LogP contribution in [0.1, 0.15) is 96.1 Å². The lowest BCUT2D eigenvalue weighted by Crippen LogP contribution is -2.58. The number of morpholine rings is 2. The number of rotatable bonds is 30. The van der Waals surface area contributed by atoms with Gasteiger partial charge in [0.2, 0.25) is 35.4 Å². The number of ether oxygens (including phenoxy) is 6. The minimum absolute atomic E-state index is 0.0888. The van der Waals surface area contributed by atoms with E-state index in [-0.39, 0.29) is 82.1 Å². The van der Waals surface area contributed by atoms with Crippen LogP contribution in [-0.4, -0.2) is 197 Å². The van der Waals surface area contributed by atoms with Crippen molar-refractivity contribution in [3.8, 4) is 11.5 Å². The maximum atomic E-state index is 14.9. The van der Waals surface area contributed by atoms with Gasteiger partial charge in [0.15, 0.2) is 17.2 Å². The van der Waals surface area contributed by atoms with E-state index in [0.717, 1.165) is 61.6 Å². The summed E-state index contributed by atoms with van der Waals surface area (Å²) in [7, 11) is 3.10. The van der Waals surface area contributed by atoms with E-state index in [1.54, 1.807) is 76.6 Å². The van der Waals surface area contributed by atoms with Crippen molar-refractivity contribution in [2.75, 3.05) is 86.5 Å². The second-order valence-electron chi connectivity index (χ2n) is 23.1. The Morgan fingerprint density at radius 1 is 0.610 bits per heavy atom. The highest BCUT2D eigenvalue weighted by molar-refractivity contribution is 6.00. The van der Waals surface area contributed by atoms with Crippen LogP contribution in [0, 0.1) is 5.92 Å². The van der Waals surface area contributed by atoms with Gasteiger partial charge in [-0.1, -0.05) is 61.6 Å². The number of carbonyl (C=O) groups is 8. The van der Waals surface area contributed by atoms with E-state index < -0.39 is 83.1 Å². The molecule has 8 rings (SSSR count). The first-order valence-corrected chi connectivity index (χ1v) is 29.2. The Bertz CT molecular complexity index is 2600. The van der Waals surface area contributed by atoms with Crippen LogP contribution in [0.3, 0.4) is 0 Å². The number of nitrogens with one attached hydrogen (secondary N) is 6. The van der Waals surface area contributed by atoms with Crippen molar-refractivity contribution in [3.05, 3.63) is 71.3 Å². The lowest BCUT2D eigenvalue weighted by molar-refractivity contribution is -0.136. The third-order valence-corrected chi connectivity index (χ3v) is 16.6. The highest BCUT2D eigenvalue weighted by Crippen LogP contribution is 2.39. The molecular formula is C60H84N8O14. The highest BCUT2D eigenvalue weighted by atomic mass is 16.6. The van der Waals surface area contributed by atoms with Gasteiger partial charge in [-0.05, 0) is 94.2 Å². The van der Waals surface area contributed by atoms with Crippen molar-refractivity contribution in [2.45, 2.75) is 151 Å². The predicted molar refractivity (Wildman–Crippen MR) is 301 cm³/mol. The molecule has 6 amide bonds. The number of nitrogens with zero attached hydrogens (tertiary/aromatic N) is 2. The second kappa shape index (κ2) is 28.8. The van der Waals surface area contributed by atoms with Crippen LogP contribution < -0.4 is 41.4 Å². The molecular weight excluding hydrogens is 1060 g/mol. The average molecular weight is 1140 g/mol. The smallest absolute Gasteiger partial charge is 0.243 e. The summed E-state index contributed by atoms with van der Waals surface area (Å²) in [4.78, 5) is 115. The number of methoxy groups -OCH3 is 2. The lowest BCUT2D eigenvalue weighted by Gasteiger charge is -2.34. The largest absolute Gasteiger partial charge is 0.497 e. The molecule has 4 heterocycles. The van der Waals surface area contributed by atoms with E-state index in [2.05, 4.69) is 38.0 Å². The Kier molecular flexibility index (Phi) is 21.7. The Morgan fingerprint density at radius 3 is 1.62 bits per heavy atom. The molecule has 9 unspecified atom stereocenters. The van der Waals surface area contributed by atoms with Crippen molar-refractivity contribution in [2.24, 2.45) is 5.92 Å². The molecule has 448 valence electrons. The van der Waals surface area contributed by atoms with E-state index in [9.17, 15) is 38.4 Å². The van der Waals surface area contributed by atoms with Gasteiger partial charge in [0, 0.05) is 45.4 Å². The van der Waals surface area contributed by atoms with E-state index >= 15 is 0 Å². The third kappa shape index (κ3) is 17.6. The molecule has 0 aromatic heterocycles. The number of carbonyl (C=O) groups excluding carboxylic acids is 8. The second-order valence-corrected chi connectivity index (χ2v) is 23.1. The van der Waals surface area contributed by atoms with Crippen LogP contribution in [-0.2, 0) is 70.1 Å². The van der Waals surface area contributed by atoms with Gasteiger partial charge >= 0.3 is 0 Å². The maximum Gasteiger partial charge on any atom is 0.243 e. The molecule has 1 saturated carbocycles. The molecule has 9 atom stereocenters. The fourth-order valence-electron chi connectivity index (χ4n) is 11.4. The van der Waals surface area contributed by atoms with Gasteiger partial charge in [0.1, 0.15) is 41.3 Å². The topological polar surface area (TPSA) is 277 Å². The SMILES string of the molecule is COc1ccc(CC(NC(=O)C(C)NC(=O)CN2CCOC(CC3(C(=O)C(CC4CCCC4)NC(=O)C(Cc4ccc(OC)cc4)NC(=O)C(C)NC(=O)CN4CCOCC4)CO3)C2)C(=O)NC(CC2=CCCC2)C(=O)C2(C)CO2)cc1. The fourth-order valence-corrected chi connectivity index (χ4v) is 11.4. The first kappa shape index (κ1) is 61.8. The molecule has 22 heteroatoms. The highest BCUT2D eigenvalue weighted by Gasteiger charge is 2.56. The Balaban J connectivity index is 0.877. The number of ketones is 2. The van der Waals surface area contributed by atoms with E-state index in [1.165, 1.54) is 6.92 Å². The third-order valence-electron chi connectivity index (χ3n) is 16.6. The number of epoxide rings is 2. The minimum atomic E-state index is -1.26. The quantitative estimate of drug-likeness (QED) is 0.0479. The maximum absolute atomic E-state index is 14.9. The summed E-state index contributed by atoms with van der Waals surface area (Å²) in [6, 6.07) is 8.18. The van der Waals surface area contributed by atoms with Gasteiger partial charge in [0.25, 0.3) is 0 Å². The number of benzene rings is 2. The molecule has 5 fully saturated rings. The van der Waals surface area contributed by atoms with E-state index in [0.29, 0.717) is 57.2 Å². The van der Waals surface area contributed by atoms with Gasteiger partial charge in [0.05, 0.1) is 78.5 Å². The Morgan fingerprint density at radius 2 is 1.12 bits per heavy atom. The summed E-state index contributed by atoms with van der Waals surface area (Å²) >= 11 is 0. The minimum Gasteiger partial charge on any atom is -0.497 e. The number of hydrogen-bond donors (Lipinski definition) is 6. The molecule has 2 aromatic rings. The number of Topliss-reactive ketones (excluding diaryl/α,β-unsaturated/α-hetero) is 2. The molecule has 4 aliphatic heterocycles. The first-order valence-electron chi connectivity index (χ1n) is 29.2. The van der Waals surface area contributed by atoms with E-state index in [4.69, 9.17) is 28.4 Å². The van der Waals surface area contributed by atoms with Crippen LogP contribution in [0.25, 0.3) is 0 Å². The molecule has 0 spiro atoms. The van der Waals surface area contributed by atoms with Crippen LogP contribution in [0.5, 0.6) is 11.5 Å². The zero-order valence-corrected chi connectivity index (χ0v) is 48.2. The zero-order valence-electron chi connectivity index (χ0n) is 48.2. The van der Waals surface area contributed by atoms with Gasteiger partial charge in [-0.25, -0.2) is 0 Å². The molecule has 2 aliphatic carbocycles. The molecule has 6 aliphatic rings. The molecule has 0 radical (unpaired) electrons. The van der Waals surface area contributed by atoms with E-state index in [1.807, 2.05) is 9.80 Å². The van der Waals surface area contributed by atoms with Crippen LogP contribution in [0.4, 0.5) is 0 Å². The average Bonchev–Trinajstić information content (AvgIpc) is 4.41. The normalized spacial score (nSPS) is 24.0. The van der Waals surface area contributed by atoms with Crippen LogP contribution >= 0.6 is 0 Å². The summed E-state index contributed by atoms with van der Waals surface area (Å²) < 4.78 is 33.7. The monoisotopic (exact) mass is 1140 g/mol. The summed E-state index contributed by atoms with van der Waals surface area (Å²) in [5.41, 5.74) is 0.318. The van der Waals surface area contributed by atoms with Gasteiger partial charge in [-0.15, -0.1) is 0 Å². The molecule has 2 aromatic carbocycles. The molecule has 82 heavy (non-hydrogen) atoms. The summed E-state index contributed by atoms with van der Waals surface area (Å²) in [5.74, 6) is -2.13. The van der Waals surface area contributed by atoms with Crippen molar-refractivity contribution in [1.29, 1.82) is 0 Å². The van der Waals surface area contributed by atoms with Crippen LogP contribution in [0.15, 0.2) is 60.2 Å². The standard InChI is InChI=1S/C60H84N8O14/c1-38(61-51(69)34-67-22-25-79-26-23-67)55(73)66-50(31-43-16-20-45(78-5)21-17-43)58(76)64-48(29-41-12-8-9-13-41)54(72)60(37-82-60)32-46-33-68(24-27-80-46)35-52(70)62-39(2)56(74)65-49(30-42-14-18-44(77-4)19-15-42)57(75)63-47(28-40-10-6-7-11-40)53(71)59(3)36-81-59/h10,14-21,38-39,41,46-50H,6-9,11-13,22-37H2,1-5H3,(H,61,69)(H,62,70)(H,63,75)(H,64,76)(H,65,74)(H,66,73). The molecule has 6 N–H and O–H groups in total. The Labute approximate surface area is 480 Å². The van der Waals surface area contributed by atoms with Gasteiger partial charge in [-0.2, -0.15) is 0 Å². The van der Waals surface area contributed by atoms with Crippen LogP contribution in [0.2, 0.25) is 0 Å². The number of allylic oxidation sites excluding steroid dienone is 1. The molecule has 0 bridgehead atoms. The fraction of sp³-hybridized carbons (Fsp3) is 0.633. The Hall–Kier alpha value is -6.30. The molecule has 22 nitrogen and oxygen atoms in total. The van der Waals surface area contributed by atoms with Gasteiger partial charge in [-0.3, -0.25) is 48.2 Å². The summed E-state index contributed by atoms with van der Waals surface area (Å²) in [6.45, 7) is 8.36. The first-order chi connectivity index (χ1) is 39.4. The van der Waals surface area contributed by atoms with Crippen molar-refractivity contribution >= 4 is 47.0 Å². The predicted octanol–water partition coefficient (Wildman–Crippen LogP) is 1.64. The van der Waals surface area contributed by atoms with Crippen molar-refractivity contribution in [1.82, 2.24) is 41.7 Å². The van der Waals surface area contributed by atoms with Crippen molar-refractivity contribution in [3.63, 3.8) is 0 Å². The van der Waals surface area contributed by atoms with Gasteiger partial charge < -0.3 is 60.3 Å². The lowest BCUT2D eigenvalue weighted by atomic mass is 9.87. The number of hydrogen-bond acceptors (Lipinski definition) is 16. The summed E-state index contributed by atoms with van der Waals surface area (Å²) in [5, 5.41) is 17.2.